The predicted octanol–water partition coefficient (Wildman–Crippen LogP) is 2.59. The Bertz CT molecular complexity index is 361. The van der Waals surface area contributed by atoms with Gasteiger partial charge in [0.15, 0.2) is 5.72 Å². The maximum absolute atomic E-state index is 12.7. The van der Waals surface area contributed by atoms with Crippen LogP contribution in [0.3, 0.4) is 0 Å². The number of ether oxygens (including phenoxy) is 1. The summed E-state index contributed by atoms with van der Waals surface area (Å²) in [7, 11) is 1.81. The van der Waals surface area contributed by atoms with Crippen LogP contribution in [0.4, 0.5) is 8.78 Å². The second-order valence-electron chi connectivity index (χ2n) is 4.28. The lowest BCUT2D eigenvalue weighted by molar-refractivity contribution is -0.275. The van der Waals surface area contributed by atoms with Gasteiger partial charge in [-0.25, -0.2) is 0 Å². The Morgan fingerprint density at radius 3 is 2.88 bits per heavy atom. The van der Waals surface area contributed by atoms with Crippen molar-refractivity contribution in [1.82, 2.24) is 9.88 Å². The molecule has 1 aromatic heterocycles. The number of halogens is 2. The van der Waals surface area contributed by atoms with E-state index in [2.05, 4.69) is 4.98 Å². The van der Waals surface area contributed by atoms with Gasteiger partial charge in [-0.15, -0.1) is 0 Å². The van der Waals surface area contributed by atoms with Gasteiger partial charge in [0, 0.05) is 24.5 Å². The number of hydrogen-bond acceptors (Lipinski definition) is 3. The molecule has 0 saturated carbocycles. The number of rotatable bonds is 3. The highest BCUT2D eigenvalue weighted by molar-refractivity contribution is 5.18. The van der Waals surface area contributed by atoms with Crippen molar-refractivity contribution in [2.24, 2.45) is 0 Å². The lowest BCUT2D eigenvalue weighted by Gasteiger charge is -2.44. The quantitative estimate of drug-likeness (QED) is 0.814. The van der Waals surface area contributed by atoms with E-state index >= 15 is 0 Å². The van der Waals surface area contributed by atoms with Gasteiger partial charge < -0.3 is 0 Å². The van der Waals surface area contributed by atoms with Crippen LogP contribution in [0.5, 0.6) is 0 Å². The molecule has 1 aliphatic heterocycles. The van der Waals surface area contributed by atoms with E-state index in [0.717, 1.165) is 19.4 Å². The Morgan fingerprint density at radius 2 is 2.29 bits per heavy atom. The third-order valence-corrected chi connectivity index (χ3v) is 3.27. The molecular weight excluding hydrogens is 226 g/mol. The first-order chi connectivity index (χ1) is 8.15. The minimum atomic E-state index is -2.78. The zero-order valence-corrected chi connectivity index (χ0v) is 9.77. The summed E-state index contributed by atoms with van der Waals surface area (Å²) in [6, 6.07) is 3.53. The maximum atomic E-state index is 12.7. The molecule has 5 heteroatoms. The van der Waals surface area contributed by atoms with Crippen LogP contribution in [0, 0.1) is 0 Å². The van der Waals surface area contributed by atoms with Gasteiger partial charge in [-0.3, -0.25) is 14.6 Å². The van der Waals surface area contributed by atoms with Crippen molar-refractivity contribution in [3.05, 3.63) is 30.1 Å². The minimum Gasteiger partial charge on any atom is -0.297 e. The van der Waals surface area contributed by atoms with E-state index < -0.39 is 12.3 Å². The van der Waals surface area contributed by atoms with E-state index in [9.17, 15) is 8.78 Å². The second kappa shape index (κ2) is 5.06. The summed E-state index contributed by atoms with van der Waals surface area (Å²) < 4.78 is 30.2. The molecule has 3 nitrogen and oxygen atoms in total. The Morgan fingerprint density at radius 1 is 1.47 bits per heavy atom. The minimum absolute atomic E-state index is 0.569. The van der Waals surface area contributed by atoms with Crippen molar-refractivity contribution in [3.63, 3.8) is 0 Å². The van der Waals surface area contributed by atoms with Crippen molar-refractivity contribution >= 4 is 0 Å². The highest BCUT2D eigenvalue weighted by atomic mass is 19.3. The van der Waals surface area contributed by atoms with Crippen LogP contribution in [0.1, 0.15) is 24.8 Å². The van der Waals surface area contributed by atoms with Crippen LogP contribution >= 0.6 is 0 Å². The Kier molecular flexibility index (Phi) is 3.69. The summed E-state index contributed by atoms with van der Waals surface area (Å²) in [5.74, 6) is 0. The smallest absolute Gasteiger partial charge is 0.297 e. The van der Waals surface area contributed by atoms with Crippen molar-refractivity contribution < 1.29 is 13.5 Å². The van der Waals surface area contributed by atoms with Gasteiger partial charge in [-0.05, 0) is 32.4 Å². The summed E-state index contributed by atoms with van der Waals surface area (Å²) in [6.07, 6.45) is 5.68. The van der Waals surface area contributed by atoms with E-state index in [0.29, 0.717) is 12.0 Å². The largest absolute Gasteiger partial charge is 0.347 e. The normalized spacial score (nSPS) is 26.4. The summed E-state index contributed by atoms with van der Waals surface area (Å²) in [5.41, 5.74) is -0.330. The SMILES string of the molecule is CN1CCCCC1(OC(F)F)c1cccnc1. The van der Waals surface area contributed by atoms with E-state index in [1.54, 1.807) is 24.5 Å². The monoisotopic (exact) mass is 242 g/mol. The standard InChI is InChI=1S/C12H16F2N2O/c1-16-8-3-2-6-12(16,17-11(13)14)10-5-4-7-15-9-10/h4-5,7,9,11H,2-3,6,8H2,1H3. The van der Waals surface area contributed by atoms with Crippen LogP contribution in [0.2, 0.25) is 0 Å². The summed E-state index contributed by atoms with van der Waals surface area (Å²) in [4.78, 5) is 5.84. The molecule has 1 aliphatic rings. The molecule has 0 radical (unpaired) electrons. The number of pyridine rings is 1. The molecule has 0 aliphatic carbocycles. The van der Waals surface area contributed by atoms with Gasteiger partial charge in [0.25, 0.3) is 0 Å². The van der Waals surface area contributed by atoms with Gasteiger partial charge in [-0.2, -0.15) is 8.78 Å². The summed E-state index contributed by atoms with van der Waals surface area (Å²) in [6.45, 7) is -2.03. The summed E-state index contributed by atoms with van der Waals surface area (Å²) >= 11 is 0. The number of piperidine rings is 1. The van der Waals surface area contributed by atoms with E-state index in [4.69, 9.17) is 4.74 Å². The van der Waals surface area contributed by atoms with Crippen LogP contribution < -0.4 is 0 Å². The van der Waals surface area contributed by atoms with Crippen LogP contribution in [-0.2, 0) is 10.5 Å². The van der Waals surface area contributed by atoms with Crippen LogP contribution in [0.25, 0.3) is 0 Å². The molecule has 0 aromatic carbocycles. The first kappa shape index (κ1) is 12.4. The average Bonchev–Trinajstić information content (AvgIpc) is 2.33. The zero-order valence-electron chi connectivity index (χ0n) is 9.77. The fourth-order valence-corrected chi connectivity index (χ4v) is 2.41. The molecular formula is C12H16F2N2O. The van der Waals surface area contributed by atoms with Gasteiger partial charge in [0.05, 0.1) is 0 Å². The molecule has 1 unspecified atom stereocenters. The first-order valence-electron chi connectivity index (χ1n) is 5.73. The molecule has 2 heterocycles. The molecule has 0 N–H and O–H groups in total. The van der Waals surface area contributed by atoms with E-state index in [1.165, 1.54) is 0 Å². The number of alkyl halides is 2. The van der Waals surface area contributed by atoms with E-state index in [1.807, 2.05) is 11.9 Å². The number of hydrogen-bond donors (Lipinski definition) is 0. The Balaban J connectivity index is 2.35. The van der Waals surface area contributed by atoms with Crippen molar-refractivity contribution in [2.45, 2.75) is 31.6 Å². The molecule has 0 spiro atoms. The number of likely N-dealkylation sites (tertiary alicyclic amines) is 1. The first-order valence-corrected chi connectivity index (χ1v) is 5.73. The second-order valence-corrected chi connectivity index (χ2v) is 4.28. The summed E-state index contributed by atoms with van der Waals surface area (Å²) in [5, 5.41) is 0. The highest BCUT2D eigenvalue weighted by Crippen LogP contribution is 2.38. The predicted molar refractivity (Wildman–Crippen MR) is 59.5 cm³/mol. The number of aromatic nitrogens is 1. The van der Waals surface area contributed by atoms with Gasteiger partial charge >= 0.3 is 6.61 Å². The third-order valence-electron chi connectivity index (χ3n) is 3.27. The number of nitrogens with zero attached hydrogens (tertiary/aromatic N) is 2. The molecule has 1 fully saturated rings. The molecule has 0 bridgehead atoms. The van der Waals surface area contributed by atoms with Crippen molar-refractivity contribution in [1.29, 1.82) is 0 Å². The highest BCUT2D eigenvalue weighted by Gasteiger charge is 2.42. The van der Waals surface area contributed by atoms with Gasteiger partial charge in [0.2, 0.25) is 0 Å². The maximum Gasteiger partial charge on any atom is 0.347 e. The van der Waals surface area contributed by atoms with Crippen LogP contribution in [-0.4, -0.2) is 30.1 Å². The molecule has 0 amide bonds. The lowest BCUT2D eigenvalue weighted by Crippen LogP contribution is -2.50. The topological polar surface area (TPSA) is 25.4 Å². The zero-order chi connectivity index (χ0) is 12.3. The Labute approximate surface area is 99.4 Å². The van der Waals surface area contributed by atoms with Crippen molar-refractivity contribution in [2.75, 3.05) is 13.6 Å². The fourth-order valence-electron chi connectivity index (χ4n) is 2.41. The Hall–Kier alpha value is -1.07. The average molecular weight is 242 g/mol. The molecule has 1 saturated heterocycles. The molecule has 94 valence electrons. The lowest BCUT2D eigenvalue weighted by atomic mass is 9.92. The molecule has 2 rings (SSSR count). The fraction of sp³-hybridized carbons (Fsp3) is 0.583. The van der Waals surface area contributed by atoms with E-state index in [-0.39, 0.29) is 0 Å². The van der Waals surface area contributed by atoms with Crippen LogP contribution in [0.15, 0.2) is 24.5 Å². The third kappa shape index (κ3) is 2.45. The molecule has 17 heavy (non-hydrogen) atoms. The van der Waals surface area contributed by atoms with Gasteiger partial charge in [-0.1, -0.05) is 6.07 Å². The van der Waals surface area contributed by atoms with Gasteiger partial charge in [0.1, 0.15) is 0 Å². The molecule has 1 atom stereocenters. The van der Waals surface area contributed by atoms with Crippen molar-refractivity contribution in [3.8, 4) is 0 Å². The molecule has 1 aromatic rings.